The molecule has 0 bridgehead atoms. The summed E-state index contributed by atoms with van der Waals surface area (Å²) in [4.78, 5) is 12.0. The molecule has 110 valence electrons. The second-order valence-corrected chi connectivity index (χ2v) is 4.84. The molecule has 2 rings (SSSR count). The van der Waals surface area contributed by atoms with Gasteiger partial charge in [0, 0.05) is 5.56 Å². The number of carbonyl (C=O) groups excluding carboxylic acids is 1. The van der Waals surface area contributed by atoms with E-state index in [1.165, 1.54) is 12.1 Å². The van der Waals surface area contributed by atoms with Gasteiger partial charge in [0.2, 0.25) is 5.91 Å². The topological polar surface area (TPSA) is 38.3 Å². The maximum absolute atomic E-state index is 13.1. The van der Waals surface area contributed by atoms with Gasteiger partial charge in [0.1, 0.15) is 11.6 Å². The Labute approximate surface area is 123 Å². The van der Waals surface area contributed by atoms with E-state index >= 15 is 0 Å². The van der Waals surface area contributed by atoms with Gasteiger partial charge in [0.15, 0.2) is 0 Å². The molecule has 1 atom stereocenters. The summed E-state index contributed by atoms with van der Waals surface area (Å²) in [5.74, 6) is 0.244. The molecule has 1 amide bonds. The first-order valence-electron chi connectivity index (χ1n) is 6.77. The van der Waals surface area contributed by atoms with Crippen LogP contribution < -0.4 is 10.1 Å². The fourth-order valence-corrected chi connectivity index (χ4v) is 2.23. The van der Waals surface area contributed by atoms with Gasteiger partial charge in [0.05, 0.1) is 19.6 Å². The quantitative estimate of drug-likeness (QED) is 0.916. The first-order valence-corrected chi connectivity index (χ1v) is 6.77. The third-order valence-electron chi connectivity index (χ3n) is 3.24. The molecule has 0 spiro atoms. The molecule has 0 aromatic heterocycles. The molecular formula is C17H18FNO2. The third kappa shape index (κ3) is 4.05. The number of amides is 1. The number of ether oxygens (including phenoxy) is 1. The van der Waals surface area contributed by atoms with Gasteiger partial charge >= 0.3 is 0 Å². The number of carbonyl (C=O) groups is 1. The van der Waals surface area contributed by atoms with Gasteiger partial charge in [-0.3, -0.25) is 4.79 Å². The molecule has 0 saturated carbocycles. The molecular weight excluding hydrogens is 269 g/mol. The highest BCUT2D eigenvalue weighted by Crippen LogP contribution is 2.24. The highest BCUT2D eigenvalue weighted by Gasteiger charge is 2.13. The number of benzene rings is 2. The van der Waals surface area contributed by atoms with Crippen LogP contribution in [-0.2, 0) is 11.2 Å². The van der Waals surface area contributed by atoms with E-state index in [1.54, 1.807) is 19.2 Å². The van der Waals surface area contributed by atoms with Gasteiger partial charge in [-0.15, -0.1) is 0 Å². The zero-order valence-corrected chi connectivity index (χ0v) is 12.1. The number of nitrogens with one attached hydrogen (secondary N) is 1. The Hall–Kier alpha value is -2.36. The van der Waals surface area contributed by atoms with Gasteiger partial charge in [-0.05, 0) is 30.7 Å². The maximum Gasteiger partial charge on any atom is 0.224 e. The van der Waals surface area contributed by atoms with E-state index in [0.717, 1.165) is 11.3 Å². The standard InChI is InChI=1S/C17H18FNO2/c1-12(15-8-3-4-9-16(15)21-2)19-17(20)11-13-6-5-7-14(18)10-13/h3-10,12H,11H2,1-2H3,(H,19,20)/t12-/m1/s1. The molecule has 2 aromatic rings. The number of halogens is 1. The summed E-state index contributed by atoms with van der Waals surface area (Å²) in [6, 6.07) is 13.4. The lowest BCUT2D eigenvalue weighted by Gasteiger charge is -2.17. The minimum absolute atomic E-state index is 0.150. The van der Waals surface area contributed by atoms with Crippen molar-refractivity contribution in [3.63, 3.8) is 0 Å². The van der Waals surface area contributed by atoms with Crippen LogP contribution in [0.1, 0.15) is 24.1 Å². The van der Waals surface area contributed by atoms with Crippen molar-refractivity contribution in [3.8, 4) is 5.75 Å². The monoisotopic (exact) mass is 287 g/mol. The first kappa shape index (κ1) is 15.0. The van der Waals surface area contributed by atoms with E-state index in [-0.39, 0.29) is 24.2 Å². The summed E-state index contributed by atoms with van der Waals surface area (Å²) in [5, 5.41) is 2.90. The lowest BCUT2D eigenvalue weighted by molar-refractivity contribution is -0.121. The lowest BCUT2D eigenvalue weighted by atomic mass is 10.1. The van der Waals surface area contributed by atoms with E-state index < -0.39 is 0 Å². The van der Waals surface area contributed by atoms with Crippen molar-refractivity contribution in [2.24, 2.45) is 0 Å². The van der Waals surface area contributed by atoms with Crippen LogP contribution in [-0.4, -0.2) is 13.0 Å². The van der Waals surface area contributed by atoms with Gasteiger partial charge in [-0.1, -0.05) is 30.3 Å². The molecule has 0 aliphatic heterocycles. The summed E-state index contributed by atoms with van der Waals surface area (Å²) in [6.07, 6.45) is 0.150. The summed E-state index contributed by atoms with van der Waals surface area (Å²) in [7, 11) is 1.60. The van der Waals surface area contributed by atoms with Crippen molar-refractivity contribution >= 4 is 5.91 Å². The molecule has 3 nitrogen and oxygen atoms in total. The second kappa shape index (κ2) is 6.88. The van der Waals surface area contributed by atoms with E-state index in [1.807, 2.05) is 31.2 Å². The lowest BCUT2D eigenvalue weighted by Crippen LogP contribution is -2.28. The largest absolute Gasteiger partial charge is 0.496 e. The minimum Gasteiger partial charge on any atom is -0.496 e. The number of hydrogen-bond acceptors (Lipinski definition) is 2. The molecule has 0 aliphatic carbocycles. The highest BCUT2D eigenvalue weighted by molar-refractivity contribution is 5.79. The number of hydrogen-bond donors (Lipinski definition) is 1. The molecule has 2 aromatic carbocycles. The fourth-order valence-electron chi connectivity index (χ4n) is 2.23. The van der Waals surface area contributed by atoms with Crippen LogP contribution >= 0.6 is 0 Å². The normalized spacial score (nSPS) is 11.8. The molecule has 4 heteroatoms. The van der Waals surface area contributed by atoms with Crippen molar-refractivity contribution in [2.75, 3.05) is 7.11 Å². The van der Waals surface area contributed by atoms with Gasteiger partial charge in [-0.25, -0.2) is 4.39 Å². The number of para-hydroxylation sites is 1. The molecule has 0 saturated heterocycles. The molecule has 1 N–H and O–H groups in total. The Bertz CT molecular complexity index is 628. The van der Waals surface area contributed by atoms with Crippen molar-refractivity contribution in [2.45, 2.75) is 19.4 Å². The Kier molecular flexibility index (Phi) is 4.93. The highest BCUT2D eigenvalue weighted by atomic mass is 19.1. The van der Waals surface area contributed by atoms with E-state index in [4.69, 9.17) is 4.74 Å². The van der Waals surface area contributed by atoms with E-state index in [2.05, 4.69) is 5.32 Å². The van der Waals surface area contributed by atoms with Crippen LogP contribution in [0, 0.1) is 5.82 Å². The average molecular weight is 287 g/mol. The van der Waals surface area contributed by atoms with Gasteiger partial charge < -0.3 is 10.1 Å². The predicted molar refractivity (Wildman–Crippen MR) is 79.7 cm³/mol. The molecule has 21 heavy (non-hydrogen) atoms. The van der Waals surface area contributed by atoms with Crippen LogP contribution in [0.5, 0.6) is 5.75 Å². The van der Waals surface area contributed by atoms with Crippen LogP contribution in [0.2, 0.25) is 0 Å². The second-order valence-electron chi connectivity index (χ2n) is 4.84. The molecule has 0 fully saturated rings. The van der Waals surface area contributed by atoms with Crippen molar-refractivity contribution < 1.29 is 13.9 Å². The Morgan fingerprint density at radius 3 is 2.71 bits per heavy atom. The summed E-state index contributed by atoms with van der Waals surface area (Å²) < 4.78 is 18.4. The van der Waals surface area contributed by atoms with Crippen molar-refractivity contribution in [1.82, 2.24) is 5.32 Å². The van der Waals surface area contributed by atoms with E-state index in [0.29, 0.717) is 5.56 Å². The molecule has 0 radical (unpaired) electrons. The van der Waals surface area contributed by atoms with Gasteiger partial charge in [-0.2, -0.15) is 0 Å². The molecule has 0 aliphatic rings. The SMILES string of the molecule is COc1ccccc1[C@@H](C)NC(=O)Cc1cccc(F)c1. The summed E-state index contributed by atoms with van der Waals surface area (Å²) >= 11 is 0. The van der Waals surface area contributed by atoms with Gasteiger partial charge in [0.25, 0.3) is 0 Å². The van der Waals surface area contributed by atoms with Crippen LogP contribution in [0.15, 0.2) is 48.5 Å². The predicted octanol–water partition coefficient (Wildman–Crippen LogP) is 3.25. The molecule has 0 unspecified atom stereocenters. The average Bonchev–Trinajstić information content (AvgIpc) is 2.47. The van der Waals surface area contributed by atoms with E-state index in [9.17, 15) is 9.18 Å². The fraction of sp³-hybridized carbons (Fsp3) is 0.235. The van der Waals surface area contributed by atoms with Crippen LogP contribution in [0.3, 0.4) is 0 Å². The smallest absolute Gasteiger partial charge is 0.224 e. The maximum atomic E-state index is 13.1. The first-order chi connectivity index (χ1) is 10.1. The van der Waals surface area contributed by atoms with Crippen molar-refractivity contribution in [3.05, 3.63) is 65.5 Å². The summed E-state index contributed by atoms with van der Waals surface area (Å²) in [5.41, 5.74) is 1.56. The van der Waals surface area contributed by atoms with Crippen molar-refractivity contribution in [1.29, 1.82) is 0 Å². The Morgan fingerprint density at radius 2 is 2.00 bits per heavy atom. The van der Waals surface area contributed by atoms with Crippen LogP contribution in [0.4, 0.5) is 4.39 Å². The van der Waals surface area contributed by atoms with Crippen LogP contribution in [0.25, 0.3) is 0 Å². The number of rotatable bonds is 5. The zero-order chi connectivity index (χ0) is 15.2. The minimum atomic E-state index is -0.335. The number of methoxy groups -OCH3 is 1. The molecule has 0 heterocycles. The Morgan fingerprint density at radius 1 is 1.24 bits per heavy atom. The zero-order valence-electron chi connectivity index (χ0n) is 12.1. The third-order valence-corrected chi connectivity index (χ3v) is 3.24. The Balaban J connectivity index is 2.02. The summed E-state index contributed by atoms with van der Waals surface area (Å²) in [6.45, 7) is 1.89.